The van der Waals surface area contributed by atoms with E-state index < -0.39 is 0 Å². The Morgan fingerprint density at radius 1 is 1.19 bits per heavy atom. The van der Waals surface area contributed by atoms with Gasteiger partial charge in [0, 0.05) is 38.3 Å². The summed E-state index contributed by atoms with van der Waals surface area (Å²) in [4.78, 5) is 26.0. The first-order valence-corrected chi connectivity index (χ1v) is 9.21. The lowest BCUT2D eigenvalue weighted by Crippen LogP contribution is -2.37. The van der Waals surface area contributed by atoms with Crippen molar-refractivity contribution in [3.8, 4) is 11.4 Å². The number of unbranched alkanes of at least 4 members (excludes halogenated alkanes) is 1. The van der Waals surface area contributed by atoms with Crippen molar-refractivity contribution in [2.75, 3.05) is 44.8 Å². The fourth-order valence-corrected chi connectivity index (χ4v) is 2.91. The number of benzene rings is 1. The van der Waals surface area contributed by atoms with Gasteiger partial charge in [-0.2, -0.15) is 0 Å². The van der Waals surface area contributed by atoms with E-state index in [0.29, 0.717) is 24.7 Å². The summed E-state index contributed by atoms with van der Waals surface area (Å²) in [5, 5.41) is 0. The molecule has 0 aliphatic carbocycles. The molecule has 6 nitrogen and oxygen atoms in total. The zero-order chi connectivity index (χ0) is 18.4. The Kier molecular flexibility index (Phi) is 6.17. The van der Waals surface area contributed by atoms with Gasteiger partial charge in [-0.1, -0.05) is 43.7 Å². The number of nitrogens with zero attached hydrogens (tertiary/aromatic N) is 4. The molecule has 1 fully saturated rings. The molecule has 0 saturated carbocycles. The maximum absolute atomic E-state index is 12.9. The second-order valence-corrected chi connectivity index (χ2v) is 6.48. The Labute approximate surface area is 154 Å². The molecule has 0 N–H and O–H groups in total. The van der Waals surface area contributed by atoms with E-state index in [9.17, 15) is 4.79 Å². The van der Waals surface area contributed by atoms with Gasteiger partial charge in [-0.3, -0.25) is 4.79 Å². The summed E-state index contributed by atoms with van der Waals surface area (Å²) in [7, 11) is 1.83. The van der Waals surface area contributed by atoms with Crippen LogP contribution in [0.3, 0.4) is 0 Å². The first-order chi connectivity index (χ1) is 12.7. The molecule has 138 valence electrons. The number of aromatic nitrogens is 2. The second kappa shape index (κ2) is 8.76. The Morgan fingerprint density at radius 3 is 2.62 bits per heavy atom. The lowest BCUT2D eigenvalue weighted by atomic mass is 10.2. The maximum Gasteiger partial charge on any atom is 0.272 e. The van der Waals surface area contributed by atoms with E-state index in [4.69, 9.17) is 9.72 Å². The SMILES string of the molecule is CCCCN(C)C(=O)c1cc(N2CCOCC2)nc(-c2ccccc2)n1. The molecule has 6 heteroatoms. The zero-order valence-corrected chi connectivity index (χ0v) is 15.5. The van der Waals surface area contributed by atoms with E-state index in [2.05, 4.69) is 16.8 Å². The topological polar surface area (TPSA) is 58.6 Å². The third kappa shape index (κ3) is 4.38. The number of rotatable bonds is 6. The molecule has 0 unspecified atom stereocenters. The molecule has 3 rings (SSSR count). The van der Waals surface area contributed by atoms with Crippen LogP contribution in [0.5, 0.6) is 0 Å². The molecular weight excluding hydrogens is 328 g/mol. The average Bonchev–Trinajstić information content (AvgIpc) is 2.72. The van der Waals surface area contributed by atoms with Gasteiger partial charge >= 0.3 is 0 Å². The predicted molar refractivity (Wildman–Crippen MR) is 102 cm³/mol. The van der Waals surface area contributed by atoms with Crippen LogP contribution in [0, 0.1) is 0 Å². The lowest BCUT2D eigenvalue weighted by molar-refractivity contribution is 0.0787. The van der Waals surface area contributed by atoms with Gasteiger partial charge < -0.3 is 14.5 Å². The molecule has 1 aliphatic rings. The quantitative estimate of drug-likeness (QED) is 0.798. The Bertz CT molecular complexity index is 730. The summed E-state index contributed by atoms with van der Waals surface area (Å²) in [6.07, 6.45) is 2.03. The van der Waals surface area contributed by atoms with Crippen LogP contribution in [-0.4, -0.2) is 60.7 Å². The molecule has 2 aromatic rings. The first kappa shape index (κ1) is 18.3. The molecular formula is C20H26N4O2. The van der Waals surface area contributed by atoms with Gasteiger partial charge in [0.2, 0.25) is 0 Å². The Morgan fingerprint density at radius 2 is 1.92 bits per heavy atom. The monoisotopic (exact) mass is 354 g/mol. The predicted octanol–water partition coefficient (Wildman–Crippen LogP) is 2.85. The van der Waals surface area contributed by atoms with Crippen LogP contribution in [0.15, 0.2) is 36.4 Å². The lowest BCUT2D eigenvalue weighted by Gasteiger charge is -2.28. The number of anilines is 1. The Hall–Kier alpha value is -2.47. The van der Waals surface area contributed by atoms with Crippen molar-refractivity contribution < 1.29 is 9.53 Å². The normalized spacial score (nSPS) is 14.3. The molecule has 1 saturated heterocycles. The molecule has 1 aromatic heterocycles. The number of hydrogen-bond donors (Lipinski definition) is 0. The van der Waals surface area contributed by atoms with E-state index in [-0.39, 0.29) is 5.91 Å². The first-order valence-electron chi connectivity index (χ1n) is 9.21. The van der Waals surface area contributed by atoms with Gasteiger partial charge in [-0.25, -0.2) is 9.97 Å². The highest BCUT2D eigenvalue weighted by atomic mass is 16.5. The number of carbonyl (C=O) groups excluding carboxylic acids is 1. The van der Waals surface area contributed by atoms with Gasteiger partial charge in [0.25, 0.3) is 5.91 Å². The second-order valence-electron chi connectivity index (χ2n) is 6.48. The third-order valence-electron chi connectivity index (χ3n) is 4.49. The number of hydrogen-bond acceptors (Lipinski definition) is 5. The summed E-state index contributed by atoms with van der Waals surface area (Å²) in [5.41, 5.74) is 1.35. The number of carbonyl (C=O) groups is 1. The molecule has 2 heterocycles. The van der Waals surface area contributed by atoms with Gasteiger partial charge in [0.15, 0.2) is 5.82 Å². The summed E-state index contributed by atoms with van der Waals surface area (Å²) in [6, 6.07) is 11.6. The number of ether oxygens (including phenoxy) is 1. The van der Waals surface area contributed by atoms with Crippen molar-refractivity contribution in [2.45, 2.75) is 19.8 Å². The summed E-state index contributed by atoms with van der Waals surface area (Å²) in [5.74, 6) is 1.31. The minimum atomic E-state index is -0.0625. The van der Waals surface area contributed by atoms with Crippen molar-refractivity contribution in [2.24, 2.45) is 0 Å². The molecule has 1 aromatic carbocycles. The van der Waals surface area contributed by atoms with Crippen LogP contribution >= 0.6 is 0 Å². The standard InChI is InChI=1S/C20H26N4O2/c1-3-4-10-23(2)20(25)17-15-18(24-11-13-26-14-12-24)22-19(21-17)16-8-6-5-7-9-16/h5-9,15H,3-4,10-14H2,1-2H3. The van der Waals surface area contributed by atoms with Gasteiger partial charge in [0.05, 0.1) is 13.2 Å². The highest BCUT2D eigenvalue weighted by Gasteiger charge is 2.20. The van der Waals surface area contributed by atoms with Crippen molar-refractivity contribution in [3.63, 3.8) is 0 Å². The molecule has 0 atom stereocenters. The van der Waals surface area contributed by atoms with E-state index in [1.165, 1.54) is 0 Å². The van der Waals surface area contributed by atoms with Crippen LogP contribution in [0.1, 0.15) is 30.3 Å². The smallest absolute Gasteiger partial charge is 0.272 e. The molecule has 0 spiro atoms. The van der Waals surface area contributed by atoms with Gasteiger partial charge in [-0.05, 0) is 6.42 Å². The molecule has 0 radical (unpaired) electrons. The summed E-state index contributed by atoms with van der Waals surface area (Å²) >= 11 is 0. The Balaban J connectivity index is 1.95. The largest absolute Gasteiger partial charge is 0.378 e. The van der Waals surface area contributed by atoms with Crippen LogP contribution in [-0.2, 0) is 4.74 Å². The van der Waals surface area contributed by atoms with Crippen LogP contribution in [0.4, 0.5) is 5.82 Å². The zero-order valence-electron chi connectivity index (χ0n) is 15.5. The minimum absolute atomic E-state index is 0.0625. The number of morpholine rings is 1. The van der Waals surface area contributed by atoms with Crippen LogP contribution in [0.25, 0.3) is 11.4 Å². The van der Waals surface area contributed by atoms with E-state index in [1.807, 2.05) is 43.4 Å². The van der Waals surface area contributed by atoms with E-state index in [0.717, 1.165) is 43.9 Å². The highest BCUT2D eigenvalue weighted by molar-refractivity contribution is 5.93. The van der Waals surface area contributed by atoms with Crippen LogP contribution < -0.4 is 4.90 Å². The fraction of sp³-hybridized carbons (Fsp3) is 0.450. The van der Waals surface area contributed by atoms with Crippen molar-refractivity contribution >= 4 is 11.7 Å². The summed E-state index contributed by atoms with van der Waals surface area (Å²) < 4.78 is 5.44. The maximum atomic E-state index is 12.9. The van der Waals surface area contributed by atoms with E-state index in [1.54, 1.807) is 4.90 Å². The third-order valence-corrected chi connectivity index (χ3v) is 4.49. The minimum Gasteiger partial charge on any atom is -0.378 e. The molecule has 0 bridgehead atoms. The average molecular weight is 354 g/mol. The molecule has 1 aliphatic heterocycles. The van der Waals surface area contributed by atoms with Gasteiger partial charge in [0.1, 0.15) is 11.5 Å². The van der Waals surface area contributed by atoms with Gasteiger partial charge in [-0.15, -0.1) is 0 Å². The highest BCUT2D eigenvalue weighted by Crippen LogP contribution is 2.21. The molecule has 1 amide bonds. The molecule has 26 heavy (non-hydrogen) atoms. The number of amides is 1. The van der Waals surface area contributed by atoms with E-state index >= 15 is 0 Å². The van der Waals surface area contributed by atoms with Crippen molar-refractivity contribution in [1.29, 1.82) is 0 Å². The summed E-state index contributed by atoms with van der Waals surface area (Å²) in [6.45, 7) is 5.73. The van der Waals surface area contributed by atoms with Crippen molar-refractivity contribution in [1.82, 2.24) is 14.9 Å². The van der Waals surface area contributed by atoms with Crippen LogP contribution in [0.2, 0.25) is 0 Å². The fourth-order valence-electron chi connectivity index (χ4n) is 2.91. The van der Waals surface area contributed by atoms with Crippen molar-refractivity contribution in [3.05, 3.63) is 42.1 Å².